The van der Waals surface area contributed by atoms with Crippen LogP contribution in [0.4, 0.5) is 19.1 Å². The molecule has 9 heteroatoms. The van der Waals surface area contributed by atoms with Crippen molar-refractivity contribution in [3.8, 4) is 11.5 Å². The number of nitrogens with one attached hydrogen (secondary N) is 1. The van der Waals surface area contributed by atoms with E-state index in [9.17, 15) is 13.2 Å². The normalized spacial score (nSPS) is 15.6. The zero-order valence-electron chi connectivity index (χ0n) is 14.6. The maximum absolute atomic E-state index is 13.3. The number of ether oxygens (including phenoxy) is 2. The fraction of sp³-hybridized carbons (Fsp3) is 0.158. The van der Waals surface area contributed by atoms with Gasteiger partial charge in [-0.1, -0.05) is 6.07 Å². The van der Waals surface area contributed by atoms with E-state index in [1.54, 1.807) is 28.9 Å². The fourth-order valence-corrected chi connectivity index (χ4v) is 3.03. The monoisotopic (exact) mass is 388 g/mol. The lowest BCUT2D eigenvalue weighted by Crippen LogP contribution is -2.20. The zero-order valence-corrected chi connectivity index (χ0v) is 14.6. The molecule has 0 amide bonds. The van der Waals surface area contributed by atoms with Crippen molar-refractivity contribution >= 4 is 11.6 Å². The van der Waals surface area contributed by atoms with Gasteiger partial charge < -0.3 is 14.8 Å². The first-order valence-electron chi connectivity index (χ1n) is 8.32. The summed E-state index contributed by atoms with van der Waals surface area (Å²) in [4.78, 5) is 4.20. The number of hydrogen-bond acceptors (Lipinski definition) is 5. The first-order valence-corrected chi connectivity index (χ1v) is 8.32. The van der Waals surface area contributed by atoms with Gasteiger partial charge >= 0.3 is 6.61 Å². The van der Waals surface area contributed by atoms with Crippen LogP contribution in [0, 0.1) is 5.82 Å². The first-order chi connectivity index (χ1) is 13.5. The molecule has 28 heavy (non-hydrogen) atoms. The second-order valence-electron chi connectivity index (χ2n) is 5.97. The number of nitrogens with zero attached hydrogens (tertiary/aromatic N) is 3. The van der Waals surface area contributed by atoms with Crippen LogP contribution in [0.2, 0.25) is 0 Å². The number of benzene rings is 2. The average molecular weight is 388 g/mol. The topological polar surface area (TPSA) is 61.2 Å². The Bertz CT molecular complexity index is 1020. The Hall–Kier alpha value is -3.49. The highest BCUT2D eigenvalue weighted by Crippen LogP contribution is 2.36. The minimum Gasteiger partial charge on any atom is -0.493 e. The Morgan fingerprint density at radius 2 is 1.89 bits per heavy atom. The molecule has 1 aliphatic rings. The molecule has 2 heterocycles. The summed E-state index contributed by atoms with van der Waals surface area (Å²) < 4.78 is 49.7. The van der Waals surface area contributed by atoms with Gasteiger partial charge in [0.05, 0.1) is 7.11 Å². The molecule has 0 fully saturated rings. The number of allylic oxidation sites excluding steroid dienone is 1. The van der Waals surface area contributed by atoms with Gasteiger partial charge in [0.2, 0.25) is 5.95 Å². The summed E-state index contributed by atoms with van der Waals surface area (Å²) in [5.74, 6) is 0.282. The highest BCUT2D eigenvalue weighted by atomic mass is 19.3. The third-order valence-electron chi connectivity index (χ3n) is 4.31. The van der Waals surface area contributed by atoms with Crippen LogP contribution in [-0.4, -0.2) is 28.5 Å². The molecule has 4 rings (SSSR count). The highest BCUT2D eigenvalue weighted by molar-refractivity contribution is 5.77. The molecular formula is C19H15F3N4O2. The lowest BCUT2D eigenvalue weighted by atomic mass is 10.0. The number of halogens is 3. The van der Waals surface area contributed by atoms with E-state index in [2.05, 4.69) is 20.1 Å². The summed E-state index contributed by atoms with van der Waals surface area (Å²) >= 11 is 0. The number of aromatic nitrogens is 3. The van der Waals surface area contributed by atoms with Crippen LogP contribution < -0.4 is 14.8 Å². The van der Waals surface area contributed by atoms with Gasteiger partial charge in [0.1, 0.15) is 18.2 Å². The molecule has 0 radical (unpaired) electrons. The van der Waals surface area contributed by atoms with E-state index in [4.69, 9.17) is 4.74 Å². The van der Waals surface area contributed by atoms with Gasteiger partial charge in [-0.2, -0.15) is 18.9 Å². The first kappa shape index (κ1) is 17.9. The molecule has 0 saturated carbocycles. The molecule has 3 aromatic rings. The lowest BCUT2D eigenvalue weighted by molar-refractivity contribution is -0.0512. The van der Waals surface area contributed by atoms with Crippen molar-refractivity contribution in [2.45, 2.75) is 12.7 Å². The van der Waals surface area contributed by atoms with Gasteiger partial charge in [-0.15, -0.1) is 0 Å². The Kier molecular flexibility index (Phi) is 4.64. The second-order valence-corrected chi connectivity index (χ2v) is 5.97. The molecule has 0 aliphatic carbocycles. The molecule has 1 atom stereocenters. The van der Waals surface area contributed by atoms with Crippen molar-refractivity contribution in [1.82, 2.24) is 14.8 Å². The SMILES string of the molecule is COc1cc(C2C=C(c3ccc(F)cc3)Nc3ncnn32)ccc1OC(F)F. The molecule has 6 nitrogen and oxygen atoms in total. The average Bonchev–Trinajstić information content (AvgIpc) is 3.16. The van der Waals surface area contributed by atoms with Gasteiger partial charge in [-0.25, -0.2) is 9.07 Å². The van der Waals surface area contributed by atoms with Crippen LogP contribution in [0.1, 0.15) is 17.2 Å². The van der Waals surface area contributed by atoms with E-state index in [1.807, 2.05) is 6.08 Å². The van der Waals surface area contributed by atoms with Crippen molar-refractivity contribution in [2.75, 3.05) is 12.4 Å². The van der Waals surface area contributed by atoms with Gasteiger partial charge in [-0.05, 0) is 53.6 Å². The second kappa shape index (κ2) is 7.26. The third kappa shape index (κ3) is 3.38. The number of anilines is 1. The molecule has 0 saturated heterocycles. The molecule has 2 aromatic carbocycles. The maximum atomic E-state index is 13.3. The summed E-state index contributed by atoms with van der Waals surface area (Å²) in [5.41, 5.74) is 2.22. The van der Waals surface area contributed by atoms with Gasteiger partial charge in [0.25, 0.3) is 0 Å². The number of rotatable bonds is 5. The Morgan fingerprint density at radius 3 is 2.61 bits per heavy atom. The number of fused-ring (bicyclic) bond motifs is 1. The van der Waals surface area contributed by atoms with Crippen LogP contribution in [0.15, 0.2) is 54.9 Å². The van der Waals surface area contributed by atoms with Crippen molar-refractivity contribution in [3.63, 3.8) is 0 Å². The summed E-state index contributed by atoms with van der Waals surface area (Å²) in [6.07, 6.45) is 3.29. The van der Waals surface area contributed by atoms with Crippen molar-refractivity contribution in [1.29, 1.82) is 0 Å². The summed E-state index contributed by atoms with van der Waals surface area (Å²) in [6.45, 7) is -2.95. The fourth-order valence-electron chi connectivity index (χ4n) is 3.03. The number of alkyl halides is 2. The smallest absolute Gasteiger partial charge is 0.387 e. The zero-order chi connectivity index (χ0) is 19.7. The van der Waals surface area contributed by atoms with E-state index in [1.165, 1.54) is 31.6 Å². The number of methoxy groups -OCH3 is 1. The largest absolute Gasteiger partial charge is 0.493 e. The van der Waals surface area contributed by atoms with Crippen molar-refractivity contribution in [3.05, 3.63) is 71.8 Å². The van der Waals surface area contributed by atoms with Gasteiger partial charge in [-0.3, -0.25) is 0 Å². The van der Waals surface area contributed by atoms with Crippen LogP contribution in [0.25, 0.3) is 5.70 Å². The quantitative estimate of drug-likeness (QED) is 0.714. The van der Waals surface area contributed by atoms with E-state index in [0.717, 1.165) is 16.8 Å². The van der Waals surface area contributed by atoms with E-state index < -0.39 is 6.61 Å². The van der Waals surface area contributed by atoms with Crippen molar-refractivity contribution < 1.29 is 22.6 Å². The van der Waals surface area contributed by atoms with E-state index >= 15 is 0 Å². The van der Waals surface area contributed by atoms with E-state index in [-0.39, 0.29) is 23.4 Å². The van der Waals surface area contributed by atoms with Crippen LogP contribution in [0.5, 0.6) is 11.5 Å². The van der Waals surface area contributed by atoms with Crippen LogP contribution in [0.3, 0.4) is 0 Å². The Labute approximate surface area is 158 Å². The van der Waals surface area contributed by atoms with Crippen molar-refractivity contribution in [2.24, 2.45) is 0 Å². The predicted octanol–water partition coefficient (Wildman–Crippen LogP) is 4.08. The predicted molar refractivity (Wildman–Crippen MR) is 95.8 cm³/mol. The highest BCUT2D eigenvalue weighted by Gasteiger charge is 2.24. The Morgan fingerprint density at radius 1 is 1.11 bits per heavy atom. The summed E-state index contributed by atoms with van der Waals surface area (Å²) in [5, 5.41) is 7.38. The minimum atomic E-state index is -2.95. The molecule has 0 spiro atoms. The lowest BCUT2D eigenvalue weighted by Gasteiger charge is -2.25. The molecule has 1 aliphatic heterocycles. The van der Waals surface area contributed by atoms with Crippen LogP contribution >= 0.6 is 0 Å². The Balaban J connectivity index is 1.76. The van der Waals surface area contributed by atoms with Crippen LogP contribution in [-0.2, 0) is 0 Å². The minimum absolute atomic E-state index is 0.0586. The standard InChI is InChI=1S/C19H15F3N4O2/c1-27-17-8-12(4-7-16(17)28-18(21)22)15-9-14(11-2-5-13(20)6-3-11)25-19-23-10-24-26(15)19/h2-10,15,18H,1H3,(H,23,24,25). The van der Waals surface area contributed by atoms with Gasteiger partial charge in [0, 0.05) is 5.70 Å². The van der Waals surface area contributed by atoms with Gasteiger partial charge in [0.15, 0.2) is 11.5 Å². The molecule has 1 aromatic heterocycles. The summed E-state index contributed by atoms with van der Waals surface area (Å²) in [6, 6.07) is 10.3. The molecule has 0 bridgehead atoms. The third-order valence-corrected chi connectivity index (χ3v) is 4.31. The molecule has 144 valence electrons. The maximum Gasteiger partial charge on any atom is 0.387 e. The molecule has 1 unspecified atom stereocenters. The summed E-state index contributed by atoms with van der Waals surface area (Å²) in [7, 11) is 1.38. The molecule has 1 N–H and O–H groups in total. The van der Waals surface area contributed by atoms with E-state index in [0.29, 0.717) is 5.95 Å². The molecular weight excluding hydrogens is 373 g/mol. The number of hydrogen-bond donors (Lipinski definition) is 1.